The third-order valence-electron chi connectivity index (χ3n) is 3.82. The van der Waals surface area contributed by atoms with Gasteiger partial charge < -0.3 is 9.84 Å². The molecule has 0 amide bonds. The summed E-state index contributed by atoms with van der Waals surface area (Å²) in [6.07, 6.45) is 7.50. The molecular formula is C13H25NO2. The topological polar surface area (TPSA) is 32.7 Å². The van der Waals surface area contributed by atoms with Crippen LogP contribution in [0.4, 0.5) is 0 Å². The fraction of sp³-hybridized carbons (Fsp3) is 1.00. The van der Waals surface area contributed by atoms with Crippen LogP contribution in [0.1, 0.15) is 45.4 Å². The highest BCUT2D eigenvalue weighted by atomic mass is 16.5. The summed E-state index contributed by atoms with van der Waals surface area (Å²) in [5, 5.41) is 9.48. The maximum absolute atomic E-state index is 9.48. The summed E-state index contributed by atoms with van der Waals surface area (Å²) in [5.41, 5.74) is 0. The van der Waals surface area contributed by atoms with Gasteiger partial charge in [0.15, 0.2) is 0 Å². The highest BCUT2D eigenvalue weighted by Crippen LogP contribution is 2.24. The maximum atomic E-state index is 9.48. The molecule has 2 rings (SSSR count). The van der Waals surface area contributed by atoms with Crippen LogP contribution in [0, 0.1) is 0 Å². The van der Waals surface area contributed by atoms with E-state index in [2.05, 4.69) is 4.90 Å². The molecule has 0 aliphatic carbocycles. The molecule has 0 aromatic heterocycles. The zero-order valence-electron chi connectivity index (χ0n) is 10.4. The first kappa shape index (κ1) is 12.3. The Morgan fingerprint density at radius 1 is 1.31 bits per heavy atom. The van der Waals surface area contributed by atoms with Crippen LogP contribution in [0.25, 0.3) is 0 Å². The molecule has 3 unspecified atom stereocenters. The van der Waals surface area contributed by atoms with Gasteiger partial charge in [-0.25, -0.2) is 0 Å². The van der Waals surface area contributed by atoms with Crippen molar-refractivity contribution in [3.63, 3.8) is 0 Å². The van der Waals surface area contributed by atoms with Crippen molar-refractivity contribution in [3.05, 3.63) is 0 Å². The standard InChI is InChI=1S/C13H25NO2/c1-11(15)9-12-5-4-7-14(12)10-13-6-2-3-8-16-13/h11-13,15H,2-10H2,1H3. The molecule has 0 aromatic rings. The van der Waals surface area contributed by atoms with E-state index in [4.69, 9.17) is 4.74 Å². The van der Waals surface area contributed by atoms with E-state index < -0.39 is 0 Å². The smallest absolute Gasteiger partial charge is 0.0702 e. The van der Waals surface area contributed by atoms with Crippen molar-refractivity contribution in [3.8, 4) is 0 Å². The average molecular weight is 227 g/mol. The SMILES string of the molecule is CC(O)CC1CCCN1CC1CCCCO1. The summed E-state index contributed by atoms with van der Waals surface area (Å²) in [7, 11) is 0. The van der Waals surface area contributed by atoms with Gasteiger partial charge in [0.25, 0.3) is 0 Å². The normalized spacial score (nSPS) is 34.1. The predicted molar refractivity (Wildman–Crippen MR) is 64.5 cm³/mol. The zero-order valence-corrected chi connectivity index (χ0v) is 10.4. The molecule has 0 saturated carbocycles. The summed E-state index contributed by atoms with van der Waals surface area (Å²) in [4.78, 5) is 2.53. The minimum absolute atomic E-state index is 0.169. The number of aliphatic hydroxyl groups is 1. The Hall–Kier alpha value is -0.120. The van der Waals surface area contributed by atoms with Gasteiger partial charge in [-0.15, -0.1) is 0 Å². The van der Waals surface area contributed by atoms with Gasteiger partial charge in [-0.2, -0.15) is 0 Å². The summed E-state index contributed by atoms with van der Waals surface area (Å²) in [6.45, 7) is 5.11. The summed E-state index contributed by atoms with van der Waals surface area (Å²) < 4.78 is 5.79. The Kier molecular flexibility index (Phi) is 4.62. The van der Waals surface area contributed by atoms with Crippen molar-refractivity contribution in [2.45, 2.75) is 63.7 Å². The third kappa shape index (κ3) is 3.44. The molecule has 1 N–H and O–H groups in total. The molecule has 0 radical (unpaired) electrons. The van der Waals surface area contributed by atoms with Gasteiger partial charge in [-0.1, -0.05) is 0 Å². The molecule has 16 heavy (non-hydrogen) atoms. The maximum Gasteiger partial charge on any atom is 0.0702 e. The number of aliphatic hydroxyl groups excluding tert-OH is 1. The Balaban J connectivity index is 1.78. The second kappa shape index (κ2) is 5.99. The first-order valence-electron chi connectivity index (χ1n) is 6.79. The lowest BCUT2D eigenvalue weighted by atomic mass is 10.1. The van der Waals surface area contributed by atoms with Crippen molar-refractivity contribution in [2.24, 2.45) is 0 Å². The molecule has 2 aliphatic rings. The molecule has 0 spiro atoms. The number of ether oxygens (including phenoxy) is 1. The van der Waals surface area contributed by atoms with Gasteiger partial charge in [0.2, 0.25) is 0 Å². The number of likely N-dealkylation sites (tertiary alicyclic amines) is 1. The van der Waals surface area contributed by atoms with Gasteiger partial charge >= 0.3 is 0 Å². The van der Waals surface area contributed by atoms with E-state index in [1.54, 1.807) is 0 Å². The van der Waals surface area contributed by atoms with Crippen LogP contribution in [0.3, 0.4) is 0 Å². The average Bonchev–Trinajstić information content (AvgIpc) is 2.66. The number of hydrogen-bond donors (Lipinski definition) is 1. The fourth-order valence-corrected chi connectivity index (χ4v) is 3.01. The molecule has 94 valence electrons. The number of hydrogen-bond acceptors (Lipinski definition) is 3. The van der Waals surface area contributed by atoms with Gasteiger partial charge in [-0.3, -0.25) is 4.90 Å². The largest absolute Gasteiger partial charge is 0.393 e. The van der Waals surface area contributed by atoms with E-state index in [1.165, 1.54) is 38.6 Å². The molecule has 2 aliphatic heterocycles. The van der Waals surface area contributed by atoms with E-state index in [0.29, 0.717) is 12.1 Å². The number of nitrogens with zero attached hydrogens (tertiary/aromatic N) is 1. The molecule has 0 bridgehead atoms. The van der Waals surface area contributed by atoms with Crippen molar-refractivity contribution >= 4 is 0 Å². The van der Waals surface area contributed by atoms with Crippen molar-refractivity contribution in [2.75, 3.05) is 19.7 Å². The molecular weight excluding hydrogens is 202 g/mol. The molecule has 3 nitrogen and oxygen atoms in total. The Morgan fingerprint density at radius 2 is 2.19 bits per heavy atom. The second-order valence-electron chi connectivity index (χ2n) is 5.36. The minimum Gasteiger partial charge on any atom is -0.393 e. The fourth-order valence-electron chi connectivity index (χ4n) is 3.01. The van der Waals surface area contributed by atoms with Gasteiger partial charge in [0.05, 0.1) is 12.2 Å². The lowest BCUT2D eigenvalue weighted by molar-refractivity contribution is -0.0110. The predicted octanol–water partition coefficient (Wildman–Crippen LogP) is 1.79. The summed E-state index contributed by atoms with van der Waals surface area (Å²) >= 11 is 0. The Labute approximate surface area is 98.8 Å². The van der Waals surface area contributed by atoms with E-state index in [1.807, 2.05) is 6.92 Å². The minimum atomic E-state index is -0.169. The highest BCUT2D eigenvalue weighted by molar-refractivity contribution is 4.83. The zero-order chi connectivity index (χ0) is 11.4. The van der Waals surface area contributed by atoms with Gasteiger partial charge in [0, 0.05) is 19.2 Å². The summed E-state index contributed by atoms with van der Waals surface area (Å²) in [6, 6.07) is 0.588. The molecule has 2 fully saturated rings. The third-order valence-corrected chi connectivity index (χ3v) is 3.82. The van der Waals surface area contributed by atoms with E-state index in [-0.39, 0.29) is 6.10 Å². The van der Waals surface area contributed by atoms with Gasteiger partial charge in [-0.05, 0) is 52.0 Å². The van der Waals surface area contributed by atoms with Crippen LogP contribution >= 0.6 is 0 Å². The van der Waals surface area contributed by atoms with Crippen LogP contribution in [0.5, 0.6) is 0 Å². The second-order valence-corrected chi connectivity index (χ2v) is 5.36. The summed E-state index contributed by atoms with van der Waals surface area (Å²) in [5.74, 6) is 0. The van der Waals surface area contributed by atoms with Crippen molar-refractivity contribution in [1.82, 2.24) is 4.90 Å². The molecule has 2 saturated heterocycles. The van der Waals surface area contributed by atoms with E-state index in [9.17, 15) is 5.11 Å². The van der Waals surface area contributed by atoms with Crippen molar-refractivity contribution < 1.29 is 9.84 Å². The van der Waals surface area contributed by atoms with Crippen LogP contribution < -0.4 is 0 Å². The van der Waals surface area contributed by atoms with Crippen LogP contribution in [0.2, 0.25) is 0 Å². The highest BCUT2D eigenvalue weighted by Gasteiger charge is 2.28. The molecule has 2 heterocycles. The first-order valence-corrected chi connectivity index (χ1v) is 6.79. The quantitative estimate of drug-likeness (QED) is 0.795. The van der Waals surface area contributed by atoms with Crippen LogP contribution in [-0.4, -0.2) is 48.0 Å². The lowest BCUT2D eigenvalue weighted by Gasteiger charge is -2.31. The lowest BCUT2D eigenvalue weighted by Crippen LogP contribution is -2.39. The molecule has 3 heteroatoms. The van der Waals surface area contributed by atoms with E-state index >= 15 is 0 Å². The van der Waals surface area contributed by atoms with Gasteiger partial charge in [0.1, 0.15) is 0 Å². The molecule has 3 atom stereocenters. The Bertz CT molecular complexity index is 202. The van der Waals surface area contributed by atoms with Crippen LogP contribution in [-0.2, 0) is 4.74 Å². The first-order chi connectivity index (χ1) is 7.75. The molecule has 0 aromatic carbocycles. The monoisotopic (exact) mass is 227 g/mol. The van der Waals surface area contributed by atoms with Crippen LogP contribution in [0.15, 0.2) is 0 Å². The Morgan fingerprint density at radius 3 is 2.88 bits per heavy atom. The van der Waals surface area contributed by atoms with Crippen molar-refractivity contribution in [1.29, 1.82) is 0 Å². The van der Waals surface area contributed by atoms with E-state index in [0.717, 1.165) is 19.6 Å². The number of rotatable bonds is 4.